The van der Waals surface area contributed by atoms with Gasteiger partial charge in [-0.1, -0.05) is 69.6 Å². The molecule has 0 aromatic carbocycles. The number of hydrogen-bond acceptors (Lipinski definition) is 5. The third kappa shape index (κ3) is 19.7. The number of aliphatic hydroxyl groups is 1. The van der Waals surface area contributed by atoms with Gasteiger partial charge in [-0.2, -0.15) is 0 Å². The number of ether oxygens (including phenoxy) is 2. The Labute approximate surface area is 266 Å². The number of rotatable bonds is 22. The maximum Gasteiger partial charge on any atom is 0.220 e. The lowest BCUT2D eigenvalue weighted by Gasteiger charge is -2.33. The molecule has 4 N–H and O–H groups in total. The monoisotopic (exact) mass is 607 g/mol. The highest BCUT2D eigenvalue weighted by atomic mass is 16.5. The average Bonchev–Trinajstić information content (AvgIpc) is 2.93. The molecule has 0 saturated heterocycles. The van der Waals surface area contributed by atoms with Crippen molar-refractivity contribution in [2.24, 2.45) is 5.73 Å². The Morgan fingerprint density at radius 2 is 1.58 bits per heavy atom. The summed E-state index contributed by atoms with van der Waals surface area (Å²) in [6, 6.07) is -0.278. The van der Waals surface area contributed by atoms with Crippen molar-refractivity contribution in [2.75, 3.05) is 13.2 Å². The molecule has 2 atom stereocenters. The lowest BCUT2D eigenvalue weighted by molar-refractivity contribution is -0.124. The van der Waals surface area contributed by atoms with Crippen molar-refractivity contribution < 1.29 is 19.4 Å². The van der Waals surface area contributed by atoms with Crippen LogP contribution in [0.4, 0.5) is 0 Å². The predicted octanol–water partition coefficient (Wildman–Crippen LogP) is 8.70. The molecule has 6 heteroatoms. The summed E-state index contributed by atoms with van der Waals surface area (Å²) < 4.78 is 12.7. The number of carbonyl (C=O) groups is 1. The smallest absolute Gasteiger partial charge is 0.220 e. The zero-order valence-electron chi connectivity index (χ0n) is 29.3. The molecule has 0 bridgehead atoms. The second-order valence-electron chi connectivity index (χ2n) is 14.3. The van der Waals surface area contributed by atoms with Crippen molar-refractivity contribution in [1.82, 2.24) is 5.32 Å². The van der Waals surface area contributed by atoms with E-state index < -0.39 is 6.10 Å². The third-order valence-electron chi connectivity index (χ3n) is 9.04. The van der Waals surface area contributed by atoms with Crippen LogP contribution in [0.15, 0.2) is 23.3 Å². The molecule has 0 aliphatic heterocycles. The first-order valence-corrected chi connectivity index (χ1v) is 17.7. The van der Waals surface area contributed by atoms with Crippen LogP contribution in [0.3, 0.4) is 0 Å². The van der Waals surface area contributed by atoms with Gasteiger partial charge in [-0.25, -0.2) is 0 Å². The van der Waals surface area contributed by atoms with Crippen molar-refractivity contribution in [3.8, 4) is 0 Å². The van der Waals surface area contributed by atoms with Gasteiger partial charge < -0.3 is 25.6 Å². The summed E-state index contributed by atoms with van der Waals surface area (Å²) in [4.78, 5) is 12.5. The molecule has 0 heterocycles. The molecule has 0 aromatic rings. The van der Waals surface area contributed by atoms with E-state index in [1.165, 1.54) is 56.9 Å². The van der Waals surface area contributed by atoms with E-state index in [0.29, 0.717) is 32.1 Å². The van der Waals surface area contributed by atoms with Crippen LogP contribution in [-0.4, -0.2) is 53.6 Å². The Morgan fingerprint density at radius 3 is 2.26 bits per heavy atom. The molecule has 1 aliphatic carbocycles. The van der Waals surface area contributed by atoms with E-state index in [0.717, 1.165) is 56.9 Å². The van der Waals surface area contributed by atoms with Crippen LogP contribution in [-0.2, 0) is 14.3 Å². The second-order valence-corrected chi connectivity index (χ2v) is 14.3. The van der Waals surface area contributed by atoms with Gasteiger partial charge in [0.15, 0.2) is 0 Å². The molecule has 1 amide bonds. The largest absolute Gasteiger partial charge is 0.387 e. The molecular weight excluding hydrogens is 536 g/mol. The molecule has 1 rings (SSSR count). The fourth-order valence-corrected chi connectivity index (χ4v) is 5.74. The summed E-state index contributed by atoms with van der Waals surface area (Å²) in [6.07, 6.45) is 23.2. The van der Waals surface area contributed by atoms with Gasteiger partial charge in [0.25, 0.3) is 0 Å². The average molecular weight is 607 g/mol. The lowest BCUT2D eigenvalue weighted by atomic mass is 9.94. The fourth-order valence-electron chi connectivity index (χ4n) is 5.74. The van der Waals surface area contributed by atoms with Crippen LogP contribution < -0.4 is 11.1 Å². The van der Waals surface area contributed by atoms with Gasteiger partial charge in [0.05, 0.1) is 30.0 Å². The van der Waals surface area contributed by atoms with Gasteiger partial charge in [-0.3, -0.25) is 4.79 Å². The highest BCUT2D eigenvalue weighted by molar-refractivity contribution is 5.75. The molecule has 252 valence electrons. The first kappa shape index (κ1) is 39.8. The van der Waals surface area contributed by atoms with E-state index in [1.807, 2.05) is 6.92 Å². The van der Waals surface area contributed by atoms with Crippen LogP contribution in [0, 0.1) is 0 Å². The van der Waals surface area contributed by atoms with Crippen molar-refractivity contribution in [3.63, 3.8) is 0 Å². The standard InChI is InChI=1S/C37H70N2O4/c1-8-9-10-11-13-16-21-30(2)31(3)35(41)33(38)24-19-20-28-39-34(40)25-26-36(4,5)42-29-27-37(6,7)43-32-22-17-14-12-15-18-23-32/h10-11,32-33,35,41H,8-9,12-29,38H2,1-7H3,(H,39,40)/b11-10-,31-30+. The van der Waals surface area contributed by atoms with Gasteiger partial charge in [-0.15, -0.1) is 0 Å². The number of unbranched alkanes of at least 4 members (excludes halogenated alkanes) is 3. The molecule has 0 spiro atoms. The topological polar surface area (TPSA) is 93.8 Å². The Balaban J connectivity index is 2.22. The minimum atomic E-state index is -0.606. The highest BCUT2D eigenvalue weighted by Crippen LogP contribution is 2.27. The van der Waals surface area contributed by atoms with E-state index >= 15 is 0 Å². The van der Waals surface area contributed by atoms with Crippen molar-refractivity contribution >= 4 is 5.91 Å². The predicted molar refractivity (Wildman–Crippen MR) is 182 cm³/mol. The Morgan fingerprint density at radius 1 is 0.930 bits per heavy atom. The van der Waals surface area contributed by atoms with E-state index in [4.69, 9.17) is 15.2 Å². The quantitative estimate of drug-likeness (QED) is 0.0846. The number of nitrogens with one attached hydrogen (secondary N) is 1. The molecule has 1 fully saturated rings. The van der Waals surface area contributed by atoms with Gasteiger partial charge in [0, 0.05) is 19.0 Å². The van der Waals surface area contributed by atoms with E-state index in [1.54, 1.807) is 0 Å². The molecule has 0 aromatic heterocycles. The Bertz CT molecular complexity index is 796. The van der Waals surface area contributed by atoms with Crippen LogP contribution in [0.1, 0.15) is 164 Å². The van der Waals surface area contributed by atoms with Crippen LogP contribution >= 0.6 is 0 Å². The molecule has 2 unspecified atom stereocenters. The summed E-state index contributed by atoms with van der Waals surface area (Å²) >= 11 is 0. The van der Waals surface area contributed by atoms with Crippen molar-refractivity contribution in [3.05, 3.63) is 23.3 Å². The Kier molecular flexibility index (Phi) is 20.7. The number of aliphatic hydroxyl groups excluding tert-OH is 1. The Hall–Kier alpha value is -1.21. The number of carbonyl (C=O) groups excluding carboxylic acids is 1. The maximum absolute atomic E-state index is 12.5. The van der Waals surface area contributed by atoms with Gasteiger partial charge in [-0.05, 0) is 111 Å². The SMILES string of the molecule is CCC/C=C\CCC/C(C)=C(\C)C(O)C(N)CCCCNC(=O)CCC(C)(C)OCCC(C)(C)OC1CCCCCCC1. The number of nitrogens with two attached hydrogens (primary N) is 1. The summed E-state index contributed by atoms with van der Waals surface area (Å²) in [5, 5.41) is 13.8. The minimum Gasteiger partial charge on any atom is -0.387 e. The molecule has 1 saturated carbocycles. The van der Waals surface area contributed by atoms with Crippen LogP contribution in [0.5, 0.6) is 0 Å². The molecule has 43 heavy (non-hydrogen) atoms. The van der Waals surface area contributed by atoms with Crippen molar-refractivity contribution in [1.29, 1.82) is 0 Å². The normalized spacial score (nSPS) is 17.8. The molecule has 6 nitrogen and oxygen atoms in total. The van der Waals surface area contributed by atoms with E-state index in [-0.39, 0.29) is 23.2 Å². The first-order chi connectivity index (χ1) is 20.4. The number of amides is 1. The lowest BCUT2D eigenvalue weighted by Crippen LogP contribution is -2.36. The number of allylic oxidation sites excluding steroid dienone is 3. The summed E-state index contributed by atoms with van der Waals surface area (Å²) in [5.41, 5.74) is 8.02. The number of hydrogen-bond donors (Lipinski definition) is 3. The zero-order chi connectivity index (χ0) is 32.1. The van der Waals surface area contributed by atoms with E-state index in [2.05, 4.69) is 59.0 Å². The van der Waals surface area contributed by atoms with Gasteiger partial charge in [0.2, 0.25) is 5.91 Å². The molecule has 1 aliphatic rings. The van der Waals surface area contributed by atoms with Crippen LogP contribution in [0.25, 0.3) is 0 Å². The molecule has 0 radical (unpaired) electrons. The second kappa shape index (κ2) is 22.3. The van der Waals surface area contributed by atoms with Gasteiger partial charge in [0.1, 0.15) is 0 Å². The fraction of sp³-hybridized carbons (Fsp3) is 0.865. The highest BCUT2D eigenvalue weighted by Gasteiger charge is 2.26. The zero-order valence-corrected chi connectivity index (χ0v) is 29.3. The summed E-state index contributed by atoms with van der Waals surface area (Å²) in [5.74, 6) is 0.0629. The van der Waals surface area contributed by atoms with Crippen LogP contribution in [0.2, 0.25) is 0 Å². The first-order valence-electron chi connectivity index (χ1n) is 17.7. The van der Waals surface area contributed by atoms with Gasteiger partial charge >= 0.3 is 0 Å². The summed E-state index contributed by atoms with van der Waals surface area (Å²) in [7, 11) is 0. The van der Waals surface area contributed by atoms with Crippen molar-refractivity contribution in [2.45, 2.75) is 193 Å². The molecular formula is C37H70N2O4. The van der Waals surface area contributed by atoms with E-state index in [9.17, 15) is 9.90 Å². The summed E-state index contributed by atoms with van der Waals surface area (Å²) in [6.45, 7) is 16.1. The third-order valence-corrected chi connectivity index (χ3v) is 9.04. The maximum atomic E-state index is 12.5. The minimum absolute atomic E-state index is 0.0629.